The lowest BCUT2D eigenvalue weighted by atomic mass is 9.98. The fraction of sp³-hybridized carbons (Fsp3) is 0.784. The SMILES string of the molecule is CCCCC/C=C\C/C=C\CCCCCCCCC1(CCCCCCC/C=C/C/C=C\CCCCC)OCC(CCN(C)CCCCCC(=O)ON2C(=O)CCC2=O)O1. The lowest BCUT2D eigenvalue weighted by molar-refractivity contribution is -0.197. The summed E-state index contributed by atoms with van der Waals surface area (Å²) in [5, 5.41) is 0.633. The number of nitrogens with zero attached hydrogens (tertiary/aromatic N) is 2. The molecule has 0 saturated carbocycles. The fourth-order valence-corrected chi connectivity index (χ4v) is 7.84. The van der Waals surface area contributed by atoms with Gasteiger partial charge in [-0.2, -0.15) is 0 Å². The Bertz CT molecular complexity index is 1180. The van der Waals surface area contributed by atoms with Gasteiger partial charge in [-0.1, -0.05) is 140 Å². The van der Waals surface area contributed by atoms with Crippen LogP contribution in [-0.2, 0) is 28.7 Å². The maximum atomic E-state index is 12.1. The van der Waals surface area contributed by atoms with Crippen molar-refractivity contribution >= 4 is 17.8 Å². The predicted molar refractivity (Wildman–Crippen MR) is 245 cm³/mol. The predicted octanol–water partition coefficient (Wildman–Crippen LogP) is 13.6. The van der Waals surface area contributed by atoms with Gasteiger partial charge in [-0.3, -0.25) is 9.59 Å². The lowest BCUT2D eigenvalue weighted by Crippen LogP contribution is -2.32. The van der Waals surface area contributed by atoms with Gasteiger partial charge in [0, 0.05) is 38.6 Å². The molecule has 2 heterocycles. The number of imide groups is 1. The lowest BCUT2D eigenvalue weighted by Gasteiger charge is -2.29. The molecular formula is C51H88N2O6. The molecule has 0 aromatic rings. The van der Waals surface area contributed by atoms with Gasteiger partial charge in [-0.05, 0) is 110 Å². The minimum Gasteiger partial charge on any atom is -0.347 e. The Balaban J connectivity index is 1.65. The molecular weight excluding hydrogens is 737 g/mol. The molecule has 0 aliphatic carbocycles. The zero-order valence-electron chi connectivity index (χ0n) is 38.3. The van der Waals surface area contributed by atoms with Crippen LogP contribution in [0.3, 0.4) is 0 Å². The highest BCUT2D eigenvalue weighted by Crippen LogP contribution is 2.35. The molecule has 2 rings (SSSR count). The van der Waals surface area contributed by atoms with Crippen molar-refractivity contribution in [3.8, 4) is 0 Å². The van der Waals surface area contributed by atoms with Crippen LogP contribution in [0.25, 0.3) is 0 Å². The molecule has 8 nitrogen and oxygen atoms in total. The van der Waals surface area contributed by atoms with Gasteiger partial charge < -0.3 is 19.2 Å². The van der Waals surface area contributed by atoms with Crippen LogP contribution >= 0.6 is 0 Å². The Morgan fingerprint density at radius 2 is 1.08 bits per heavy atom. The topological polar surface area (TPSA) is 85.4 Å². The Labute approximate surface area is 362 Å². The van der Waals surface area contributed by atoms with Crippen LogP contribution in [0.1, 0.15) is 219 Å². The van der Waals surface area contributed by atoms with E-state index in [1.165, 1.54) is 122 Å². The molecule has 2 amide bonds. The number of hydroxylamine groups is 2. The average Bonchev–Trinajstić information content (AvgIpc) is 3.79. The molecule has 2 atom stereocenters. The third-order valence-corrected chi connectivity index (χ3v) is 11.6. The Hall–Kier alpha value is -2.55. The number of allylic oxidation sites excluding steroid dienone is 8. The van der Waals surface area contributed by atoms with Crippen molar-refractivity contribution in [2.24, 2.45) is 0 Å². The van der Waals surface area contributed by atoms with Crippen LogP contribution < -0.4 is 0 Å². The maximum absolute atomic E-state index is 12.1. The van der Waals surface area contributed by atoms with Crippen LogP contribution in [0.4, 0.5) is 0 Å². The number of amides is 2. The molecule has 59 heavy (non-hydrogen) atoms. The van der Waals surface area contributed by atoms with Gasteiger partial charge in [0.15, 0.2) is 5.79 Å². The average molecular weight is 825 g/mol. The Kier molecular flexibility index (Phi) is 32.2. The van der Waals surface area contributed by atoms with Crippen LogP contribution in [-0.4, -0.2) is 66.4 Å². The maximum Gasteiger partial charge on any atom is 0.333 e. The summed E-state index contributed by atoms with van der Waals surface area (Å²) in [5.74, 6) is -1.81. The quantitative estimate of drug-likeness (QED) is 0.0347. The zero-order chi connectivity index (χ0) is 42.5. The standard InChI is InChI=1S/C51H88N2O6/c1-4-6-8-10-12-14-16-18-20-22-24-26-28-30-32-36-43-51(42-35-31-29-27-25-23-21-19-17-15-13-11-9-7-5-2)57-46-47(58-51)41-45-52(3)44-37-33-34-38-50(56)59-53-48(54)39-40-49(53)55/h12-15,18-21,47H,4-11,16-17,22-46H2,1-3H3/b14-12-,15-13-,20-18-,21-19+. The van der Waals surface area contributed by atoms with E-state index < -0.39 is 23.6 Å². The number of unbranched alkanes of at least 4 members (excludes halogenated alkanes) is 19. The first-order valence-electron chi connectivity index (χ1n) is 24.6. The van der Waals surface area contributed by atoms with Gasteiger partial charge in [0.1, 0.15) is 0 Å². The molecule has 8 heteroatoms. The van der Waals surface area contributed by atoms with E-state index in [-0.39, 0.29) is 25.4 Å². The highest BCUT2D eigenvalue weighted by atomic mass is 16.7. The monoisotopic (exact) mass is 825 g/mol. The second kappa shape index (κ2) is 36.1. The summed E-state index contributed by atoms with van der Waals surface area (Å²) in [4.78, 5) is 42.7. The van der Waals surface area contributed by atoms with Crippen molar-refractivity contribution in [3.63, 3.8) is 0 Å². The van der Waals surface area contributed by atoms with E-state index in [2.05, 4.69) is 74.4 Å². The molecule has 0 aromatic heterocycles. The van der Waals surface area contributed by atoms with Gasteiger partial charge in [-0.15, -0.1) is 5.06 Å². The molecule has 2 saturated heterocycles. The number of rotatable bonds is 39. The van der Waals surface area contributed by atoms with Crippen molar-refractivity contribution in [3.05, 3.63) is 48.6 Å². The van der Waals surface area contributed by atoms with E-state index in [4.69, 9.17) is 14.3 Å². The fourth-order valence-electron chi connectivity index (χ4n) is 7.84. The normalized spacial score (nSPS) is 18.8. The minimum atomic E-state index is -0.515. The van der Waals surface area contributed by atoms with E-state index in [0.29, 0.717) is 18.1 Å². The van der Waals surface area contributed by atoms with Crippen molar-refractivity contribution in [2.45, 2.75) is 231 Å². The number of carbonyl (C=O) groups excluding carboxylic acids is 3. The van der Waals surface area contributed by atoms with Crippen LogP contribution in [0.5, 0.6) is 0 Å². The van der Waals surface area contributed by atoms with Crippen LogP contribution in [0.2, 0.25) is 0 Å². The van der Waals surface area contributed by atoms with E-state index in [1.807, 2.05) is 0 Å². The molecule has 0 aromatic carbocycles. The van der Waals surface area contributed by atoms with Crippen LogP contribution in [0, 0.1) is 0 Å². The largest absolute Gasteiger partial charge is 0.347 e. The second-order valence-corrected chi connectivity index (χ2v) is 17.2. The van der Waals surface area contributed by atoms with E-state index in [1.54, 1.807) is 0 Å². The van der Waals surface area contributed by atoms with Crippen LogP contribution in [0.15, 0.2) is 48.6 Å². The van der Waals surface area contributed by atoms with Gasteiger partial charge in [0.25, 0.3) is 11.8 Å². The van der Waals surface area contributed by atoms with Crippen molar-refractivity contribution < 1.29 is 28.7 Å². The molecule has 0 bridgehead atoms. The summed E-state index contributed by atoms with van der Waals surface area (Å²) in [6, 6.07) is 0. The molecule has 2 unspecified atom stereocenters. The first-order valence-corrected chi connectivity index (χ1v) is 24.6. The van der Waals surface area contributed by atoms with E-state index >= 15 is 0 Å². The highest BCUT2D eigenvalue weighted by Gasteiger charge is 2.40. The van der Waals surface area contributed by atoms with Crippen molar-refractivity contribution in [1.29, 1.82) is 0 Å². The second-order valence-electron chi connectivity index (χ2n) is 17.2. The van der Waals surface area contributed by atoms with Gasteiger partial charge in [0.05, 0.1) is 12.7 Å². The zero-order valence-corrected chi connectivity index (χ0v) is 38.3. The minimum absolute atomic E-state index is 0.116. The number of hydrogen-bond acceptors (Lipinski definition) is 7. The first-order chi connectivity index (χ1) is 28.9. The van der Waals surface area contributed by atoms with E-state index in [9.17, 15) is 14.4 Å². The Morgan fingerprint density at radius 3 is 1.59 bits per heavy atom. The van der Waals surface area contributed by atoms with Crippen molar-refractivity contribution in [2.75, 3.05) is 26.7 Å². The summed E-state index contributed by atoms with van der Waals surface area (Å²) in [6.07, 6.45) is 53.4. The summed E-state index contributed by atoms with van der Waals surface area (Å²) >= 11 is 0. The van der Waals surface area contributed by atoms with Gasteiger partial charge >= 0.3 is 5.97 Å². The summed E-state index contributed by atoms with van der Waals surface area (Å²) < 4.78 is 13.4. The number of hydrogen-bond donors (Lipinski definition) is 0. The molecule has 0 spiro atoms. The van der Waals surface area contributed by atoms with Crippen molar-refractivity contribution in [1.82, 2.24) is 9.96 Å². The van der Waals surface area contributed by atoms with Gasteiger partial charge in [-0.25, -0.2) is 4.79 Å². The molecule has 2 aliphatic rings. The molecule has 2 aliphatic heterocycles. The summed E-state index contributed by atoms with van der Waals surface area (Å²) in [5.41, 5.74) is 0. The third kappa shape index (κ3) is 27.8. The first kappa shape index (κ1) is 52.6. The summed E-state index contributed by atoms with van der Waals surface area (Å²) in [6.45, 7) is 7.08. The molecule has 0 radical (unpaired) electrons. The molecule has 0 N–H and O–H groups in total. The number of ether oxygens (including phenoxy) is 2. The third-order valence-electron chi connectivity index (χ3n) is 11.6. The smallest absolute Gasteiger partial charge is 0.333 e. The number of carbonyl (C=O) groups is 3. The highest BCUT2D eigenvalue weighted by molar-refractivity contribution is 6.01. The molecule has 338 valence electrons. The summed E-state index contributed by atoms with van der Waals surface area (Å²) in [7, 11) is 2.15. The Morgan fingerprint density at radius 1 is 0.627 bits per heavy atom. The van der Waals surface area contributed by atoms with E-state index in [0.717, 1.165) is 70.9 Å². The molecule has 2 fully saturated rings. The van der Waals surface area contributed by atoms with Gasteiger partial charge in [0.2, 0.25) is 0 Å².